The summed E-state index contributed by atoms with van der Waals surface area (Å²) >= 11 is 5.64. The Morgan fingerprint density at radius 3 is 2.92 bits per heavy atom. The van der Waals surface area contributed by atoms with E-state index in [0.717, 1.165) is 5.56 Å². The van der Waals surface area contributed by atoms with E-state index in [1.165, 1.54) is 0 Å². The fourth-order valence-electron chi connectivity index (χ4n) is 1.43. The van der Waals surface area contributed by atoms with Crippen molar-refractivity contribution in [2.24, 2.45) is 0 Å². The number of aliphatic hydroxyl groups is 1. The molecule has 1 aliphatic rings. The molecule has 13 heavy (non-hydrogen) atoms. The fourth-order valence-corrected chi connectivity index (χ4v) is 1.54. The van der Waals surface area contributed by atoms with Gasteiger partial charge in [0.05, 0.1) is 6.61 Å². The minimum Gasteiger partial charge on any atom is -0.383 e. The van der Waals surface area contributed by atoms with Gasteiger partial charge in [-0.3, -0.25) is 0 Å². The van der Waals surface area contributed by atoms with Crippen molar-refractivity contribution in [2.75, 3.05) is 13.2 Å². The van der Waals surface area contributed by atoms with E-state index in [2.05, 4.69) is 4.98 Å². The Bertz CT molecular complexity index is 293. The zero-order valence-electron chi connectivity index (χ0n) is 7.03. The number of nitrogens with zero attached hydrogens (tertiary/aromatic N) is 1. The van der Waals surface area contributed by atoms with E-state index in [4.69, 9.17) is 16.3 Å². The van der Waals surface area contributed by atoms with Crippen LogP contribution in [0.2, 0.25) is 5.15 Å². The maximum atomic E-state index is 10.0. The van der Waals surface area contributed by atoms with E-state index >= 15 is 0 Å². The van der Waals surface area contributed by atoms with Crippen LogP contribution in [0.4, 0.5) is 0 Å². The lowest BCUT2D eigenvalue weighted by atomic mass is 9.95. The van der Waals surface area contributed by atoms with Gasteiger partial charge in [0.25, 0.3) is 0 Å². The molecule has 1 atom stereocenters. The van der Waals surface area contributed by atoms with Gasteiger partial charge in [0.15, 0.2) is 0 Å². The van der Waals surface area contributed by atoms with E-state index in [9.17, 15) is 5.11 Å². The van der Waals surface area contributed by atoms with Crippen molar-refractivity contribution in [3.05, 3.63) is 29.0 Å². The van der Waals surface area contributed by atoms with Gasteiger partial charge < -0.3 is 9.84 Å². The number of aromatic nitrogens is 1. The van der Waals surface area contributed by atoms with Gasteiger partial charge in [0, 0.05) is 24.8 Å². The van der Waals surface area contributed by atoms with Crippen LogP contribution in [0.5, 0.6) is 0 Å². The lowest BCUT2D eigenvalue weighted by Crippen LogP contribution is -2.25. The van der Waals surface area contributed by atoms with Crippen molar-refractivity contribution in [1.82, 2.24) is 4.98 Å². The number of halogens is 1. The summed E-state index contributed by atoms with van der Waals surface area (Å²) in [5.41, 5.74) is -0.0909. The first kappa shape index (κ1) is 8.94. The summed E-state index contributed by atoms with van der Waals surface area (Å²) in [6, 6.07) is 3.46. The second kappa shape index (κ2) is 3.25. The van der Waals surface area contributed by atoms with E-state index in [0.29, 0.717) is 24.8 Å². The third-order valence-electron chi connectivity index (χ3n) is 2.27. The molecule has 1 aliphatic heterocycles. The molecule has 0 aromatic carbocycles. The van der Waals surface area contributed by atoms with Crippen molar-refractivity contribution in [3.8, 4) is 0 Å². The molecule has 2 rings (SSSR count). The summed E-state index contributed by atoms with van der Waals surface area (Å²) in [6.45, 7) is 0.940. The van der Waals surface area contributed by atoms with Gasteiger partial charge in [-0.2, -0.15) is 0 Å². The molecule has 70 valence electrons. The van der Waals surface area contributed by atoms with Gasteiger partial charge in [0.2, 0.25) is 0 Å². The zero-order valence-corrected chi connectivity index (χ0v) is 7.79. The van der Waals surface area contributed by atoms with Crippen LogP contribution in [0.25, 0.3) is 0 Å². The molecule has 0 spiro atoms. The van der Waals surface area contributed by atoms with Gasteiger partial charge in [-0.25, -0.2) is 4.98 Å². The predicted octanol–water partition coefficient (Wildman–Crippen LogP) is 1.34. The first-order valence-corrected chi connectivity index (χ1v) is 4.51. The molecule has 1 aromatic heterocycles. The average Bonchev–Trinajstić information content (AvgIpc) is 2.54. The normalized spacial score (nSPS) is 27.8. The highest BCUT2D eigenvalue weighted by atomic mass is 35.5. The average molecular weight is 200 g/mol. The van der Waals surface area contributed by atoms with Crippen LogP contribution < -0.4 is 0 Å². The molecular weight excluding hydrogens is 190 g/mol. The van der Waals surface area contributed by atoms with E-state index < -0.39 is 5.60 Å². The third-order valence-corrected chi connectivity index (χ3v) is 2.49. The first-order valence-electron chi connectivity index (χ1n) is 4.13. The molecule has 1 aromatic rings. The first-order chi connectivity index (χ1) is 6.21. The highest BCUT2D eigenvalue weighted by molar-refractivity contribution is 6.29. The maximum Gasteiger partial charge on any atom is 0.129 e. The Labute approximate surface area is 81.3 Å². The Morgan fingerprint density at radius 1 is 1.54 bits per heavy atom. The van der Waals surface area contributed by atoms with Gasteiger partial charge in [-0.15, -0.1) is 0 Å². The Morgan fingerprint density at radius 2 is 2.38 bits per heavy atom. The topological polar surface area (TPSA) is 42.4 Å². The van der Waals surface area contributed by atoms with Crippen LogP contribution in [-0.2, 0) is 10.3 Å². The third kappa shape index (κ3) is 1.68. The smallest absolute Gasteiger partial charge is 0.129 e. The number of ether oxygens (including phenoxy) is 1. The summed E-state index contributed by atoms with van der Waals surface area (Å²) < 4.78 is 5.13. The zero-order chi connectivity index (χ0) is 9.31. The number of pyridine rings is 1. The molecule has 1 N–H and O–H groups in total. The number of hydrogen-bond donors (Lipinski definition) is 1. The molecule has 0 amide bonds. The molecule has 1 fully saturated rings. The van der Waals surface area contributed by atoms with E-state index in [1.807, 2.05) is 0 Å². The highest BCUT2D eigenvalue weighted by Gasteiger charge is 2.34. The summed E-state index contributed by atoms with van der Waals surface area (Å²) in [6.07, 6.45) is 2.22. The summed E-state index contributed by atoms with van der Waals surface area (Å²) in [4.78, 5) is 3.92. The van der Waals surface area contributed by atoms with Crippen LogP contribution in [0, 0.1) is 0 Å². The van der Waals surface area contributed by atoms with Crippen molar-refractivity contribution in [3.63, 3.8) is 0 Å². The molecule has 4 heteroatoms. The maximum absolute atomic E-state index is 10.0. The minimum absolute atomic E-state index is 0.344. The number of rotatable bonds is 1. The largest absolute Gasteiger partial charge is 0.383 e. The molecule has 2 heterocycles. The highest BCUT2D eigenvalue weighted by Crippen LogP contribution is 2.29. The lowest BCUT2D eigenvalue weighted by molar-refractivity contribution is 0.0229. The van der Waals surface area contributed by atoms with Crippen molar-refractivity contribution >= 4 is 11.6 Å². The number of hydrogen-bond acceptors (Lipinski definition) is 3. The summed E-state index contributed by atoms with van der Waals surface area (Å²) in [5.74, 6) is 0. The monoisotopic (exact) mass is 199 g/mol. The van der Waals surface area contributed by atoms with Gasteiger partial charge in [-0.1, -0.05) is 17.7 Å². The Hall–Kier alpha value is -0.640. The molecule has 0 bridgehead atoms. The minimum atomic E-state index is -0.864. The van der Waals surface area contributed by atoms with Crippen LogP contribution in [0.15, 0.2) is 18.3 Å². The molecule has 3 nitrogen and oxygen atoms in total. The molecule has 0 saturated carbocycles. The van der Waals surface area contributed by atoms with Gasteiger partial charge in [-0.05, 0) is 6.07 Å². The van der Waals surface area contributed by atoms with Crippen molar-refractivity contribution in [2.45, 2.75) is 12.0 Å². The molecular formula is C9H10ClNO2. The Kier molecular flexibility index (Phi) is 2.24. The molecule has 1 saturated heterocycles. The quantitative estimate of drug-likeness (QED) is 0.695. The van der Waals surface area contributed by atoms with Crippen LogP contribution in [-0.4, -0.2) is 23.3 Å². The van der Waals surface area contributed by atoms with E-state index in [-0.39, 0.29) is 0 Å². The van der Waals surface area contributed by atoms with Crippen LogP contribution in [0.1, 0.15) is 12.0 Å². The molecule has 1 unspecified atom stereocenters. The van der Waals surface area contributed by atoms with Gasteiger partial charge >= 0.3 is 0 Å². The van der Waals surface area contributed by atoms with Crippen LogP contribution in [0.3, 0.4) is 0 Å². The van der Waals surface area contributed by atoms with Crippen molar-refractivity contribution in [1.29, 1.82) is 0 Å². The summed E-state index contributed by atoms with van der Waals surface area (Å²) in [7, 11) is 0. The Balaban J connectivity index is 2.29. The van der Waals surface area contributed by atoms with Crippen LogP contribution >= 0.6 is 11.6 Å². The van der Waals surface area contributed by atoms with Crippen molar-refractivity contribution < 1.29 is 9.84 Å². The predicted molar refractivity (Wildman–Crippen MR) is 48.6 cm³/mol. The fraction of sp³-hybridized carbons (Fsp3) is 0.444. The second-order valence-electron chi connectivity index (χ2n) is 3.20. The second-order valence-corrected chi connectivity index (χ2v) is 3.59. The van der Waals surface area contributed by atoms with E-state index in [1.54, 1.807) is 18.3 Å². The molecule has 0 radical (unpaired) electrons. The van der Waals surface area contributed by atoms with Gasteiger partial charge in [0.1, 0.15) is 10.8 Å². The standard InChI is InChI=1S/C9H10ClNO2/c10-8-2-1-7(5-11-8)9(12)3-4-13-6-9/h1-2,5,12H,3-4,6H2. The summed E-state index contributed by atoms with van der Waals surface area (Å²) in [5, 5.41) is 10.5. The SMILES string of the molecule is OC1(c2ccc(Cl)nc2)CCOC1. The molecule has 0 aliphatic carbocycles. The lowest BCUT2D eigenvalue weighted by Gasteiger charge is -2.19.